The molecule has 0 unspecified atom stereocenters. The molecule has 0 radical (unpaired) electrons. The zero-order valence-electron chi connectivity index (χ0n) is 11.0. The van der Waals surface area contributed by atoms with Crippen molar-refractivity contribution < 1.29 is 8.42 Å². The molecule has 5 nitrogen and oxygen atoms in total. The Morgan fingerprint density at radius 1 is 1.39 bits per heavy atom. The third kappa shape index (κ3) is 3.32. The summed E-state index contributed by atoms with van der Waals surface area (Å²) in [6.07, 6.45) is 6.52. The molecule has 18 heavy (non-hydrogen) atoms. The Kier molecular flexibility index (Phi) is 3.77. The van der Waals surface area contributed by atoms with Crippen molar-refractivity contribution in [1.82, 2.24) is 9.78 Å². The summed E-state index contributed by atoms with van der Waals surface area (Å²) >= 11 is 0. The van der Waals surface area contributed by atoms with Crippen LogP contribution in [0.4, 0.5) is 0 Å². The van der Waals surface area contributed by atoms with E-state index in [-0.39, 0.29) is 5.75 Å². The lowest BCUT2D eigenvalue weighted by atomic mass is 9.87. The van der Waals surface area contributed by atoms with E-state index in [1.807, 2.05) is 17.8 Å². The average Bonchev–Trinajstić information content (AvgIpc) is 2.59. The first-order valence-electron chi connectivity index (χ1n) is 6.40. The second-order valence-corrected chi connectivity index (χ2v) is 7.06. The summed E-state index contributed by atoms with van der Waals surface area (Å²) in [6.45, 7) is 4.11. The fraction of sp³-hybridized carbons (Fsp3) is 0.750. The van der Waals surface area contributed by atoms with Crippen molar-refractivity contribution in [2.75, 3.05) is 0 Å². The van der Waals surface area contributed by atoms with Crippen LogP contribution >= 0.6 is 0 Å². The van der Waals surface area contributed by atoms with Gasteiger partial charge in [0.25, 0.3) is 0 Å². The zero-order chi connectivity index (χ0) is 13.3. The molecule has 0 atom stereocenters. The first-order chi connectivity index (χ1) is 8.35. The quantitative estimate of drug-likeness (QED) is 0.909. The maximum Gasteiger partial charge on any atom is 0.213 e. The number of sulfonamides is 1. The van der Waals surface area contributed by atoms with E-state index in [0.29, 0.717) is 6.04 Å². The Morgan fingerprint density at radius 3 is 2.56 bits per heavy atom. The van der Waals surface area contributed by atoms with E-state index in [1.54, 1.807) is 0 Å². The molecule has 0 aromatic carbocycles. The molecule has 1 heterocycles. The maximum absolute atomic E-state index is 11.1. The second-order valence-electron chi connectivity index (χ2n) is 5.44. The molecular weight excluding hydrogens is 250 g/mol. The van der Waals surface area contributed by atoms with Crippen LogP contribution in [0.15, 0.2) is 6.20 Å². The summed E-state index contributed by atoms with van der Waals surface area (Å²) in [7, 11) is -3.48. The number of hydrogen-bond donors (Lipinski definition) is 1. The van der Waals surface area contributed by atoms with Crippen molar-refractivity contribution in [2.45, 2.75) is 51.3 Å². The third-order valence-electron chi connectivity index (χ3n) is 3.73. The Morgan fingerprint density at radius 2 is 2.00 bits per heavy atom. The highest BCUT2D eigenvalue weighted by atomic mass is 32.2. The van der Waals surface area contributed by atoms with Gasteiger partial charge in [0, 0.05) is 11.8 Å². The lowest BCUT2D eigenvalue weighted by Gasteiger charge is -2.26. The SMILES string of the molecule is Cc1nn(C2CCC(C)CC2)cc1CS(N)(=O)=O. The molecule has 2 N–H and O–H groups in total. The summed E-state index contributed by atoms with van der Waals surface area (Å²) in [5.74, 6) is 0.670. The smallest absolute Gasteiger partial charge is 0.213 e. The first-order valence-corrected chi connectivity index (χ1v) is 8.12. The summed E-state index contributed by atoms with van der Waals surface area (Å²) in [5.41, 5.74) is 1.48. The van der Waals surface area contributed by atoms with Gasteiger partial charge in [0.1, 0.15) is 0 Å². The summed E-state index contributed by atoms with van der Waals surface area (Å²) in [4.78, 5) is 0. The third-order valence-corrected chi connectivity index (χ3v) is 4.45. The van der Waals surface area contributed by atoms with Gasteiger partial charge < -0.3 is 0 Å². The minimum absolute atomic E-state index is 0.123. The van der Waals surface area contributed by atoms with Crippen molar-refractivity contribution in [3.05, 3.63) is 17.5 Å². The van der Waals surface area contributed by atoms with Crippen LogP contribution < -0.4 is 5.14 Å². The molecule has 1 aliphatic rings. The number of aryl methyl sites for hydroxylation is 1. The predicted octanol–water partition coefficient (Wildman–Crippen LogP) is 1.73. The predicted molar refractivity (Wildman–Crippen MR) is 70.4 cm³/mol. The zero-order valence-corrected chi connectivity index (χ0v) is 11.8. The number of hydrogen-bond acceptors (Lipinski definition) is 3. The van der Waals surface area contributed by atoms with Crippen LogP contribution in [0.2, 0.25) is 0 Å². The van der Waals surface area contributed by atoms with Gasteiger partial charge in [-0.2, -0.15) is 5.10 Å². The van der Waals surface area contributed by atoms with Gasteiger partial charge in [-0.1, -0.05) is 6.92 Å². The lowest BCUT2D eigenvalue weighted by molar-refractivity contribution is 0.273. The highest BCUT2D eigenvalue weighted by Crippen LogP contribution is 2.31. The van der Waals surface area contributed by atoms with Gasteiger partial charge >= 0.3 is 0 Å². The highest BCUT2D eigenvalue weighted by Gasteiger charge is 2.21. The molecule has 6 heteroatoms. The maximum atomic E-state index is 11.1. The Balaban J connectivity index is 2.13. The topological polar surface area (TPSA) is 78.0 Å². The summed E-state index contributed by atoms with van der Waals surface area (Å²) in [5, 5.41) is 9.52. The summed E-state index contributed by atoms with van der Waals surface area (Å²) < 4.78 is 24.2. The number of nitrogens with two attached hydrogens (primary N) is 1. The van der Waals surface area contributed by atoms with Crippen molar-refractivity contribution in [3.8, 4) is 0 Å². The molecule has 0 amide bonds. The molecule has 1 saturated carbocycles. The van der Waals surface area contributed by atoms with Gasteiger partial charge in [0.15, 0.2) is 0 Å². The van der Waals surface area contributed by atoms with E-state index in [1.165, 1.54) is 12.8 Å². The molecule has 1 aromatic rings. The standard InChI is InChI=1S/C12H21N3O2S/c1-9-3-5-12(6-4-9)15-7-11(10(2)14-15)8-18(13,16)17/h7,9,12H,3-6,8H2,1-2H3,(H2,13,16,17). The fourth-order valence-electron chi connectivity index (χ4n) is 2.57. The van der Waals surface area contributed by atoms with E-state index < -0.39 is 10.0 Å². The molecule has 0 spiro atoms. The normalized spacial score (nSPS) is 25.3. The molecule has 1 aliphatic carbocycles. The van der Waals surface area contributed by atoms with Crippen LogP contribution in [-0.4, -0.2) is 18.2 Å². The first kappa shape index (κ1) is 13.5. The van der Waals surface area contributed by atoms with Gasteiger partial charge in [-0.15, -0.1) is 0 Å². The molecule has 1 aromatic heterocycles. The Bertz CT molecular complexity index is 513. The highest BCUT2D eigenvalue weighted by molar-refractivity contribution is 7.88. The molecule has 0 saturated heterocycles. The number of nitrogens with zero attached hydrogens (tertiary/aromatic N) is 2. The van der Waals surface area contributed by atoms with Crippen LogP contribution in [0, 0.1) is 12.8 Å². The van der Waals surface area contributed by atoms with Gasteiger partial charge in [-0.25, -0.2) is 13.6 Å². The van der Waals surface area contributed by atoms with E-state index in [4.69, 9.17) is 5.14 Å². The molecule has 102 valence electrons. The number of rotatable bonds is 3. The summed E-state index contributed by atoms with van der Waals surface area (Å²) in [6, 6.07) is 0.411. The molecule has 0 bridgehead atoms. The van der Waals surface area contributed by atoms with Crippen LogP contribution in [-0.2, 0) is 15.8 Å². The monoisotopic (exact) mass is 271 g/mol. The van der Waals surface area contributed by atoms with Crippen molar-refractivity contribution >= 4 is 10.0 Å². The van der Waals surface area contributed by atoms with Crippen LogP contribution in [0.5, 0.6) is 0 Å². The minimum Gasteiger partial charge on any atom is -0.269 e. The Hall–Kier alpha value is -0.880. The fourth-order valence-corrected chi connectivity index (χ4v) is 3.29. The number of primary sulfonamides is 1. The van der Waals surface area contributed by atoms with E-state index in [9.17, 15) is 8.42 Å². The van der Waals surface area contributed by atoms with Crippen molar-refractivity contribution in [3.63, 3.8) is 0 Å². The van der Waals surface area contributed by atoms with Gasteiger partial charge in [0.2, 0.25) is 10.0 Å². The van der Waals surface area contributed by atoms with E-state index >= 15 is 0 Å². The average molecular weight is 271 g/mol. The number of aromatic nitrogens is 2. The van der Waals surface area contributed by atoms with Gasteiger partial charge in [0.05, 0.1) is 17.5 Å². The Labute approximate surface area is 108 Å². The minimum atomic E-state index is -3.48. The van der Waals surface area contributed by atoms with E-state index in [2.05, 4.69) is 12.0 Å². The molecule has 2 rings (SSSR count). The lowest BCUT2D eigenvalue weighted by Crippen LogP contribution is -2.17. The molecular formula is C12H21N3O2S. The van der Waals surface area contributed by atoms with E-state index in [0.717, 1.165) is 30.0 Å². The van der Waals surface area contributed by atoms with Crippen molar-refractivity contribution in [1.29, 1.82) is 0 Å². The van der Waals surface area contributed by atoms with Crippen LogP contribution in [0.1, 0.15) is 49.9 Å². The van der Waals surface area contributed by atoms with Crippen molar-refractivity contribution in [2.24, 2.45) is 11.1 Å². The van der Waals surface area contributed by atoms with Crippen LogP contribution in [0.25, 0.3) is 0 Å². The van der Waals surface area contributed by atoms with Gasteiger partial charge in [-0.3, -0.25) is 4.68 Å². The molecule has 0 aliphatic heterocycles. The van der Waals surface area contributed by atoms with Gasteiger partial charge in [-0.05, 0) is 38.5 Å². The molecule has 1 fully saturated rings. The largest absolute Gasteiger partial charge is 0.269 e. The van der Waals surface area contributed by atoms with Crippen LogP contribution in [0.3, 0.4) is 0 Å². The second kappa shape index (κ2) is 5.01.